The molecular weight excluding hydrogens is 320 g/mol. The highest BCUT2D eigenvalue weighted by Gasteiger charge is 2.31. The predicted molar refractivity (Wildman–Crippen MR) is 106 cm³/mol. The van der Waals surface area contributed by atoms with Crippen LogP contribution in [0.15, 0.2) is 18.2 Å². The number of hydrogen-bond acceptors (Lipinski definition) is 2. The molecule has 3 aliphatic rings. The molecule has 26 heavy (non-hydrogen) atoms. The summed E-state index contributed by atoms with van der Waals surface area (Å²) in [6, 6.07) is 7.29. The van der Waals surface area contributed by atoms with Crippen LogP contribution in [-0.2, 0) is 13.0 Å². The fourth-order valence-electron chi connectivity index (χ4n) is 4.90. The molecule has 2 aliphatic heterocycles. The van der Waals surface area contributed by atoms with Gasteiger partial charge in [-0.3, -0.25) is 9.69 Å². The summed E-state index contributed by atoms with van der Waals surface area (Å²) >= 11 is 0. The van der Waals surface area contributed by atoms with E-state index >= 15 is 0 Å². The summed E-state index contributed by atoms with van der Waals surface area (Å²) in [4.78, 5) is 17.7. The first-order valence-corrected chi connectivity index (χ1v) is 10.6. The van der Waals surface area contributed by atoms with Crippen molar-refractivity contribution in [1.82, 2.24) is 9.80 Å². The average Bonchev–Trinajstić information content (AvgIpc) is 2.58. The van der Waals surface area contributed by atoms with E-state index in [2.05, 4.69) is 48.8 Å². The second-order valence-electron chi connectivity index (χ2n) is 9.72. The number of carbonyl (C=O) groups excluding carboxylic acids is 1. The van der Waals surface area contributed by atoms with E-state index in [-0.39, 0.29) is 5.91 Å². The van der Waals surface area contributed by atoms with Crippen molar-refractivity contribution in [2.45, 2.75) is 71.9 Å². The minimum Gasteiger partial charge on any atom is -0.339 e. The van der Waals surface area contributed by atoms with Gasteiger partial charge in [0, 0.05) is 37.8 Å². The van der Waals surface area contributed by atoms with Crippen LogP contribution in [0.5, 0.6) is 0 Å². The van der Waals surface area contributed by atoms with Gasteiger partial charge in [-0.2, -0.15) is 0 Å². The van der Waals surface area contributed by atoms with Gasteiger partial charge in [-0.25, -0.2) is 0 Å². The van der Waals surface area contributed by atoms with E-state index < -0.39 is 0 Å². The lowest BCUT2D eigenvalue weighted by atomic mass is 9.75. The van der Waals surface area contributed by atoms with Crippen LogP contribution in [-0.4, -0.2) is 41.4 Å². The number of benzene rings is 1. The Bertz CT molecular complexity index is 663. The van der Waals surface area contributed by atoms with E-state index in [1.165, 1.54) is 30.4 Å². The van der Waals surface area contributed by atoms with E-state index in [0.717, 1.165) is 63.0 Å². The van der Waals surface area contributed by atoms with Crippen molar-refractivity contribution in [2.24, 2.45) is 11.3 Å². The minimum atomic E-state index is 0.238. The largest absolute Gasteiger partial charge is 0.339 e. The summed E-state index contributed by atoms with van der Waals surface area (Å²) < 4.78 is 0. The van der Waals surface area contributed by atoms with Crippen molar-refractivity contribution in [2.75, 3.05) is 19.6 Å². The molecule has 1 aliphatic carbocycles. The normalized spacial score (nSPS) is 22.8. The molecule has 1 aromatic rings. The van der Waals surface area contributed by atoms with Crippen molar-refractivity contribution >= 4 is 5.91 Å². The molecule has 1 aromatic carbocycles. The van der Waals surface area contributed by atoms with E-state index in [1.807, 2.05) is 0 Å². The maximum absolute atomic E-state index is 13.0. The lowest BCUT2D eigenvalue weighted by molar-refractivity contribution is 0.0608. The highest BCUT2D eigenvalue weighted by Crippen LogP contribution is 2.35. The first kappa shape index (κ1) is 18.0. The van der Waals surface area contributed by atoms with Gasteiger partial charge >= 0.3 is 0 Å². The summed E-state index contributed by atoms with van der Waals surface area (Å²) in [6.45, 7) is 11.0. The predicted octanol–water partition coefficient (Wildman–Crippen LogP) is 4.50. The van der Waals surface area contributed by atoms with Gasteiger partial charge in [0.2, 0.25) is 0 Å². The SMILES string of the molecule is CC(C)(C)C1CCN(C(=O)c2ccc3c(c2)CCN(C2CCC2)C3)CC1. The molecule has 142 valence electrons. The summed E-state index contributed by atoms with van der Waals surface area (Å²) in [7, 11) is 0. The third kappa shape index (κ3) is 3.55. The van der Waals surface area contributed by atoms with Gasteiger partial charge in [-0.1, -0.05) is 33.3 Å². The van der Waals surface area contributed by atoms with E-state index in [4.69, 9.17) is 0 Å². The Balaban J connectivity index is 1.40. The maximum atomic E-state index is 13.0. The van der Waals surface area contributed by atoms with Gasteiger partial charge < -0.3 is 4.90 Å². The molecule has 1 amide bonds. The van der Waals surface area contributed by atoms with E-state index in [1.54, 1.807) is 0 Å². The zero-order valence-corrected chi connectivity index (χ0v) is 16.8. The summed E-state index contributed by atoms with van der Waals surface area (Å²) in [6.07, 6.45) is 7.51. The molecule has 4 rings (SSSR count). The second-order valence-corrected chi connectivity index (χ2v) is 9.72. The standard InChI is InChI=1S/C23H34N2O/c1-23(2,3)20-10-13-24(14-11-20)22(26)18-7-8-19-16-25(21-5-4-6-21)12-9-17(19)15-18/h7-8,15,20-21H,4-6,9-14,16H2,1-3H3. The van der Waals surface area contributed by atoms with Crippen LogP contribution < -0.4 is 0 Å². The Morgan fingerprint density at radius 3 is 2.35 bits per heavy atom. The molecule has 0 bridgehead atoms. The number of likely N-dealkylation sites (tertiary alicyclic amines) is 1. The van der Waals surface area contributed by atoms with Crippen molar-refractivity contribution in [3.05, 3.63) is 34.9 Å². The average molecular weight is 355 g/mol. The highest BCUT2D eigenvalue weighted by atomic mass is 16.2. The molecule has 2 fully saturated rings. The third-order valence-electron chi connectivity index (χ3n) is 7.09. The molecule has 0 N–H and O–H groups in total. The van der Waals surface area contributed by atoms with Gasteiger partial charge in [0.05, 0.1) is 0 Å². The zero-order valence-electron chi connectivity index (χ0n) is 16.8. The van der Waals surface area contributed by atoms with Crippen LogP contribution in [0.25, 0.3) is 0 Å². The fraction of sp³-hybridized carbons (Fsp3) is 0.696. The van der Waals surface area contributed by atoms with Crippen LogP contribution in [0.4, 0.5) is 0 Å². The van der Waals surface area contributed by atoms with Crippen molar-refractivity contribution in [3.8, 4) is 0 Å². The molecule has 0 radical (unpaired) electrons. The number of rotatable bonds is 2. The highest BCUT2D eigenvalue weighted by molar-refractivity contribution is 5.94. The summed E-state index contributed by atoms with van der Waals surface area (Å²) in [5.74, 6) is 0.967. The quantitative estimate of drug-likeness (QED) is 0.781. The van der Waals surface area contributed by atoms with Crippen molar-refractivity contribution < 1.29 is 4.79 Å². The van der Waals surface area contributed by atoms with Gasteiger partial charge in [-0.15, -0.1) is 0 Å². The molecule has 0 spiro atoms. The molecule has 0 unspecified atom stereocenters. The number of amides is 1. The van der Waals surface area contributed by atoms with Crippen LogP contribution >= 0.6 is 0 Å². The van der Waals surface area contributed by atoms with E-state index in [9.17, 15) is 4.79 Å². The molecule has 1 saturated carbocycles. The zero-order chi connectivity index (χ0) is 18.3. The number of nitrogens with zero attached hydrogens (tertiary/aromatic N) is 2. The maximum Gasteiger partial charge on any atom is 0.253 e. The Morgan fingerprint density at radius 1 is 1.00 bits per heavy atom. The topological polar surface area (TPSA) is 23.6 Å². The van der Waals surface area contributed by atoms with Gasteiger partial charge in [0.1, 0.15) is 0 Å². The Morgan fingerprint density at radius 2 is 1.73 bits per heavy atom. The van der Waals surface area contributed by atoms with Gasteiger partial charge in [0.15, 0.2) is 0 Å². The summed E-state index contributed by atoms with van der Waals surface area (Å²) in [5, 5.41) is 0. The molecule has 0 atom stereocenters. The third-order valence-corrected chi connectivity index (χ3v) is 7.09. The number of hydrogen-bond donors (Lipinski definition) is 0. The van der Waals surface area contributed by atoms with Crippen molar-refractivity contribution in [3.63, 3.8) is 0 Å². The second kappa shape index (κ2) is 6.99. The van der Waals surface area contributed by atoms with Gasteiger partial charge in [0.25, 0.3) is 5.91 Å². The number of piperidine rings is 1. The monoisotopic (exact) mass is 354 g/mol. The fourth-order valence-corrected chi connectivity index (χ4v) is 4.90. The van der Waals surface area contributed by atoms with Crippen LogP contribution in [0.2, 0.25) is 0 Å². The first-order chi connectivity index (χ1) is 12.4. The van der Waals surface area contributed by atoms with Crippen molar-refractivity contribution in [1.29, 1.82) is 0 Å². The number of fused-ring (bicyclic) bond motifs is 1. The Kier molecular flexibility index (Phi) is 4.85. The number of carbonyl (C=O) groups is 1. The smallest absolute Gasteiger partial charge is 0.253 e. The Hall–Kier alpha value is -1.35. The van der Waals surface area contributed by atoms with Crippen LogP contribution in [0.1, 0.15) is 74.4 Å². The molecule has 0 aromatic heterocycles. The van der Waals surface area contributed by atoms with Gasteiger partial charge in [-0.05, 0) is 66.7 Å². The molecule has 1 saturated heterocycles. The lowest BCUT2D eigenvalue weighted by Crippen LogP contribution is -2.43. The minimum absolute atomic E-state index is 0.238. The van der Waals surface area contributed by atoms with E-state index in [0.29, 0.717) is 5.41 Å². The van der Waals surface area contributed by atoms with Crippen LogP contribution in [0, 0.1) is 11.3 Å². The Labute approximate surface area is 158 Å². The molecular formula is C23H34N2O. The molecule has 2 heterocycles. The molecule has 3 heteroatoms. The lowest BCUT2D eigenvalue weighted by Gasteiger charge is -2.40. The molecule has 3 nitrogen and oxygen atoms in total. The summed E-state index contributed by atoms with van der Waals surface area (Å²) in [5.41, 5.74) is 4.09. The van der Waals surface area contributed by atoms with Crippen LogP contribution in [0.3, 0.4) is 0 Å². The first-order valence-electron chi connectivity index (χ1n) is 10.6.